The molecule has 0 bridgehead atoms. The Kier molecular flexibility index (Phi) is 4.33. The zero-order valence-electron chi connectivity index (χ0n) is 6.73. The van der Waals surface area contributed by atoms with Crippen LogP contribution in [0.25, 0.3) is 0 Å². The Labute approximate surface area is 80.4 Å². The molecule has 0 atom stereocenters. The molecular formula is C9H14LiN. The van der Waals surface area contributed by atoms with Crippen LogP contribution in [0.1, 0.15) is 11.1 Å². The van der Waals surface area contributed by atoms with Gasteiger partial charge in [-0.1, -0.05) is 18.2 Å². The zero-order valence-corrected chi connectivity index (χ0v) is 6.73. The summed E-state index contributed by atoms with van der Waals surface area (Å²) in [6, 6.07) is 6.29. The van der Waals surface area contributed by atoms with Gasteiger partial charge in [0.1, 0.15) is 0 Å². The van der Waals surface area contributed by atoms with Crippen LogP contribution in [0.3, 0.4) is 0 Å². The standard InChI is InChI=1S/C9H13N.Li.H/c1-7-5-4-6-8(2)9(7)10-3;;/h4-6,10H,1-3H3;;. The van der Waals surface area contributed by atoms with E-state index in [9.17, 15) is 0 Å². The van der Waals surface area contributed by atoms with Gasteiger partial charge in [0.25, 0.3) is 0 Å². The Morgan fingerprint density at radius 3 is 1.82 bits per heavy atom. The fraction of sp³-hybridized carbons (Fsp3) is 0.333. The van der Waals surface area contributed by atoms with Gasteiger partial charge in [-0.3, -0.25) is 0 Å². The molecule has 1 aromatic rings. The van der Waals surface area contributed by atoms with E-state index in [4.69, 9.17) is 0 Å². The van der Waals surface area contributed by atoms with Crippen LogP contribution in [0.15, 0.2) is 18.2 Å². The molecule has 11 heavy (non-hydrogen) atoms. The van der Waals surface area contributed by atoms with Gasteiger partial charge >= 0.3 is 18.9 Å². The number of aryl methyl sites for hydroxylation is 2. The first kappa shape index (κ1) is 10.6. The van der Waals surface area contributed by atoms with E-state index >= 15 is 0 Å². The Balaban J connectivity index is 0.000001000. The number of hydrogen-bond donors (Lipinski definition) is 1. The van der Waals surface area contributed by atoms with Crippen LogP contribution in [-0.4, -0.2) is 25.9 Å². The summed E-state index contributed by atoms with van der Waals surface area (Å²) in [4.78, 5) is 0. The van der Waals surface area contributed by atoms with Crippen LogP contribution in [0.5, 0.6) is 0 Å². The molecule has 0 saturated heterocycles. The molecule has 0 aliphatic rings. The molecule has 0 saturated carbocycles. The molecule has 1 rings (SSSR count). The maximum absolute atomic E-state index is 3.16. The molecule has 1 nitrogen and oxygen atoms in total. The molecule has 0 radical (unpaired) electrons. The Bertz CT molecular complexity index is 213. The summed E-state index contributed by atoms with van der Waals surface area (Å²) in [5, 5.41) is 3.16. The predicted octanol–water partition coefficient (Wildman–Crippen LogP) is 1.70. The van der Waals surface area contributed by atoms with Crippen LogP contribution in [-0.2, 0) is 0 Å². The van der Waals surface area contributed by atoms with Gasteiger partial charge < -0.3 is 5.32 Å². The fourth-order valence-electron chi connectivity index (χ4n) is 1.21. The summed E-state index contributed by atoms with van der Waals surface area (Å²) in [7, 11) is 1.95. The van der Waals surface area contributed by atoms with Gasteiger partial charge in [-0.05, 0) is 25.0 Å². The minimum atomic E-state index is 0. The van der Waals surface area contributed by atoms with Crippen LogP contribution in [0.4, 0.5) is 5.69 Å². The normalized spacial score (nSPS) is 8.64. The first-order valence-corrected chi connectivity index (χ1v) is 3.49. The zero-order chi connectivity index (χ0) is 7.56. The minimum absolute atomic E-state index is 0. The van der Waals surface area contributed by atoms with Crippen molar-refractivity contribution in [2.75, 3.05) is 12.4 Å². The van der Waals surface area contributed by atoms with Crippen molar-refractivity contribution in [2.45, 2.75) is 13.8 Å². The van der Waals surface area contributed by atoms with Crippen LogP contribution < -0.4 is 5.32 Å². The van der Waals surface area contributed by atoms with E-state index in [-0.39, 0.29) is 18.9 Å². The summed E-state index contributed by atoms with van der Waals surface area (Å²) >= 11 is 0. The van der Waals surface area contributed by atoms with E-state index in [0.717, 1.165) is 0 Å². The van der Waals surface area contributed by atoms with Crippen molar-refractivity contribution in [3.05, 3.63) is 29.3 Å². The van der Waals surface area contributed by atoms with Gasteiger partial charge in [-0.15, -0.1) is 0 Å². The van der Waals surface area contributed by atoms with Gasteiger partial charge in [-0.2, -0.15) is 0 Å². The molecule has 0 aliphatic carbocycles. The average molecular weight is 143 g/mol. The summed E-state index contributed by atoms with van der Waals surface area (Å²) in [6.07, 6.45) is 0. The van der Waals surface area contributed by atoms with E-state index in [0.29, 0.717) is 0 Å². The second-order valence-corrected chi connectivity index (χ2v) is 2.52. The van der Waals surface area contributed by atoms with Gasteiger partial charge in [-0.25, -0.2) is 0 Å². The Hall–Kier alpha value is -0.383. The van der Waals surface area contributed by atoms with Crippen molar-refractivity contribution < 1.29 is 0 Å². The van der Waals surface area contributed by atoms with Crippen molar-refractivity contribution in [3.8, 4) is 0 Å². The third-order valence-corrected chi connectivity index (χ3v) is 1.73. The third kappa shape index (κ3) is 2.29. The fourth-order valence-corrected chi connectivity index (χ4v) is 1.21. The molecule has 1 N–H and O–H groups in total. The van der Waals surface area contributed by atoms with Crippen molar-refractivity contribution in [1.29, 1.82) is 0 Å². The van der Waals surface area contributed by atoms with E-state index in [1.54, 1.807) is 0 Å². The van der Waals surface area contributed by atoms with E-state index in [1.165, 1.54) is 16.8 Å². The number of benzene rings is 1. The maximum atomic E-state index is 3.16. The van der Waals surface area contributed by atoms with Gasteiger partial charge in [0.2, 0.25) is 0 Å². The molecule has 0 aliphatic heterocycles. The molecular weight excluding hydrogens is 129 g/mol. The van der Waals surface area contributed by atoms with Crippen LogP contribution in [0, 0.1) is 13.8 Å². The predicted molar refractivity (Wildman–Crippen MR) is 52.6 cm³/mol. The Morgan fingerprint density at radius 1 is 1.09 bits per heavy atom. The van der Waals surface area contributed by atoms with Crippen molar-refractivity contribution >= 4 is 24.5 Å². The van der Waals surface area contributed by atoms with Crippen molar-refractivity contribution in [1.82, 2.24) is 0 Å². The van der Waals surface area contributed by atoms with Gasteiger partial charge in [0.05, 0.1) is 0 Å². The summed E-state index contributed by atoms with van der Waals surface area (Å²) in [6.45, 7) is 4.22. The molecule has 0 heterocycles. The first-order valence-electron chi connectivity index (χ1n) is 3.49. The SMILES string of the molecule is CNc1c(C)cccc1C.[LiH]. The number of anilines is 1. The van der Waals surface area contributed by atoms with Crippen LogP contribution in [0.2, 0.25) is 0 Å². The number of hydrogen-bond acceptors (Lipinski definition) is 1. The van der Waals surface area contributed by atoms with Crippen LogP contribution >= 0.6 is 0 Å². The number of para-hydroxylation sites is 1. The second kappa shape index (κ2) is 4.49. The molecule has 0 aromatic heterocycles. The Morgan fingerprint density at radius 2 is 1.55 bits per heavy atom. The van der Waals surface area contributed by atoms with Crippen molar-refractivity contribution in [2.24, 2.45) is 0 Å². The molecule has 56 valence electrons. The number of nitrogens with one attached hydrogen (secondary N) is 1. The monoisotopic (exact) mass is 143 g/mol. The molecule has 0 fully saturated rings. The molecule has 0 spiro atoms. The van der Waals surface area contributed by atoms with Gasteiger partial charge in [0.15, 0.2) is 0 Å². The molecule has 0 amide bonds. The second-order valence-electron chi connectivity index (χ2n) is 2.52. The number of rotatable bonds is 1. The quantitative estimate of drug-likeness (QED) is 0.590. The summed E-state index contributed by atoms with van der Waals surface area (Å²) in [5.41, 5.74) is 3.87. The summed E-state index contributed by atoms with van der Waals surface area (Å²) < 4.78 is 0. The van der Waals surface area contributed by atoms with E-state index in [2.05, 4.69) is 37.4 Å². The summed E-state index contributed by atoms with van der Waals surface area (Å²) in [5.74, 6) is 0. The molecule has 2 heteroatoms. The van der Waals surface area contributed by atoms with Gasteiger partial charge in [0, 0.05) is 12.7 Å². The van der Waals surface area contributed by atoms with E-state index in [1.807, 2.05) is 7.05 Å². The van der Waals surface area contributed by atoms with Crippen molar-refractivity contribution in [3.63, 3.8) is 0 Å². The molecule has 1 aromatic carbocycles. The average Bonchev–Trinajstić information content (AvgIpc) is 1.88. The topological polar surface area (TPSA) is 12.0 Å². The first-order chi connectivity index (χ1) is 4.75. The third-order valence-electron chi connectivity index (χ3n) is 1.73. The molecule has 0 unspecified atom stereocenters. The van der Waals surface area contributed by atoms with E-state index < -0.39 is 0 Å².